The molecule has 1 aromatic carbocycles. The number of pyridine rings is 2. The Balaban J connectivity index is 2.07. The summed E-state index contributed by atoms with van der Waals surface area (Å²) >= 11 is 0. The lowest BCUT2D eigenvalue weighted by molar-refractivity contribution is 0.0694. The fourth-order valence-electron chi connectivity index (χ4n) is 3.42. The molecule has 4 rings (SSSR count). The van der Waals surface area contributed by atoms with Crippen LogP contribution in [0.25, 0.3) is 16.6 Å². The van der Waals surface area contributed by atoms with E-state index in [2.05, 4.69) is 0 Å². The van der Waals surface area contributed by atoms with Crippen LogP contribution in [-0.4, -0.2) is 15.5 Å². The van der Waals surface area contributed by atoms with Crippen molar-refractivity contribution in [3.63, 3.8) is 0 Å². The van der Waals surface area contributed by atoms with Gasteiger partial charge in [-0.1, -0.05) is 12.1 Å². The van der Waals surface area contributed by atoms with Crippen LogP contribution in [0.3, 0.4) is 0 Å². The number of hydrogen-bond acceptors (Lipinski definition) is 2. The maximum Gasteiger partial charge on any atom is 0.341 e. The summed E-state index contributed by atoms with van der Waals surface area (Å²) in [5.41, 5.74) is 3.29. The number of halogens is 1. The molecule has 1 aliphatic rings. The molecular weight excluding hydrogens is 321 g/mol. The minimum absolute atomic E-state index is 0.211. The first-order chi connectivity index (χ1) is 12.0. The van der Waals surface area contributed by atoms with Gasteiger partial charge >= 0.3 is 5.97 Å². The summed E-state index contributed by atoms with van der Waals surface area (Å²) in [5.74, 6) is -1.26. The molecule has 1 fully saturated rings. The minimum atomic E-state index is -1.21. The standard InChI is InChI=1S/C20H16FNO3/c1-11-15(13-3-2-4-14(21)9-13)7-8-22-18(11)16(12-5-6-12)10-17(19(22)23)20(24)25/h2-4,7-10,12H,5-6H2,1H3,(H,24,25). The number of carboxylic acids is 1. The smallest absolute Gasteiger partial charge is 0.341 e. The quantitative estimate of drug-likeness (QED) is 0.786. The maximum absolute atomic E-state index is 13.6. The monoisotopic (exact) mass is 337 g/mol. The van der Waals surface area contributed by atoms with Crippen molar-refractivity contribution >= 4 is 11.5 Å². The highest BCUT2D eigenvalue weighted by Gasteiger charge is 2.29. The van der Waals surface area contributed by atoms with E-state index in [-0.39, 0.29) is 17.3 Å². The summed E-state index contributed by atoms with van der Waals surface area (Å²) < 4.78 is 15.0. The number of fused-ring (bicyclic) bond motifs is 1. The molecule has 1 saturated carbocycles. The van der Waals surface area contributed by atoms with Crippen LogP contribution < -0.4 is 5.56 Å². The van der Waals surface area contributed by atoms with Gasteiger partial charge in [-0.2, -0.15) is 0 Å². The average Bonchev–Trinajstić information content (AvgIpc) is 3.40. The molecule has 5 heteroatoms. The Morgan fingerprint density at radius 1 is 1.24 bits per heavy atom. The molecule has 0 saturated heterocycles. The zero-order chi connectivity index (χ0) is 17.7. The van der Waals surface area contributed by atoms with Crippen molar-refractivity contribution in [2.24, 2.45) is 0 Å². The molecule has 4 nitrogen and oxygen atoms in total. The van der Waals surface area contributed by atoms with Crippen LogP contribution in [0.1, 0.15) is 40.2 Å². The third-order valence-electron chi connectivity index (χ3n) is 4.80. The first kappa shape index (κ1) is 15.6. The number of nitrogens with zero attached hydrogens (tertiary/aromatic N) is 1. The number of carboxylic acid groups (broad SMARTS) is 1. The topological polar surface area (TPSA) is 58.8 Å². The fourth-order valence-corrected chi connectivity index (χ4v) is 3.42. The minimum Gasteiger partial charge on any atom is -0.477 e. The normalized spacial score (nSPS) is 14.0. The average molecular weight is 337 g/mol. The van der Waals surface area contributed by atoms with Gasteiger partial charge in [0.25, 0.3) is 5.56 Å². The van der Waals surface area contributed by atoms with E-state index in [4.69, 9.17) is 0 Å². The predicted molar refractivity (Wildman–Crippen MR) is 92.7 cm³/mol. The van der Waals surface area contributed by atoms with Crippen molar-refractivity contribution < 1.29 is 14.3 Å². The van der Waals surface area contributed by atoms with E-state index >= 15 is 0 Å². The molecule has 0 aliphatic heterocycles. The van der Waals surface area contributed by atoms with Crippen LogP contribution in [0.5, 0.6) is 0 Å². The third-order valence-corrected chi connectivity index (χ3v) is 4.80. The number of aromatic carboxylic acids is 1. The predicted octanol–water partition coefficient (Wildman–Crippen LogP) is 3.99. The highest BCUT2D eigenvalue weighted by atomic mass is 19.1. The molecule has 126 valence electrons. The second-order valence-electron chi connectivity index (χ2n) is 6.48. The van der Waals surface area contributed by atoms with Crippen molar-refractivity contribution in [3.8, 4) is 11.1 Å². The van der Waals surface area contributed by atoms with Crippen molar-refractivity contribution in [2.75, 3.05) is 0 Å². The molecule has 2 aromatic heterocycles. The van der Waals surface area contributed by atoms with E-state index in [9.17, 15) is 19.1 Å². The van der Waals surface area contributed by atoms with Crippen LogP contribution in [-0.2, 0) is 0 Å². The van der Waals surface area contributed by atoms with Crippen LogP contribution in [0.15, 0.2) is 47.4 Å². The highest BCUT2D eigenvalue weighted by Crippen LogP contribution is 2.43. The maximum atomic E-state index is 13.6. The Hall–Kier alpha value is -2.95. The van der Waals surface area contributed by atoms with E-state index in [1.165, 1.54) is 22.6 Å². The first-order valence-corrected chi connectivity index (χ1v) is 8.15. The lowest BCUT2D eigenvalue weighted by Crippen LogP contribution is -2.23. The molecule has 0 spiro atoms. The van der Waals surface area contributed by atoms with Gasteiger partial charge in [-0.15, -0.1) is 0 Å². The lowest BCUT2D eigenvalue weighted by Gasteiger charge is -2.15. The zero-order valence-electron chi connectivity index (χ0n) is 13.6. The van der Waals surface area contributed by atoms with Crippen molar-refractivity contribution in [1.82, 2.24) is 4.40 Å². The molecular formula is C20H16FNO3. The Labute approximate surface area is 143 Å². The molecule has 0 amide bonds. The number of aromatic nitrogens is 1. The molecule has 0 radical (unpaired) electrons. The molecule has 3 aromatic rings. The van der Waals surface area contributed by atoms with Crippen LogP contribution in [0, 0.1) is 12.7 Å². The second-order valence-corrected chi connectivity index (χ2v) is 6.48. The summed E-state index contributed by atoms with van der Waals surface area (Å²) in [4.78, 5) is 24.0. The molecule has 0 unspecified atom stereocenters. The Morgan fingerprint density at radius 3 is 2.64 bits per heavy atom. The van der Waals surface area contributed by atoms with E-state index in [0.29, 0.717) is 0 Å². The lowest BCUT2D eigenvalue weighted by atomic mass is 9.96. The summed E-state index contributed by atoms with van der Waals surface area (Å²) in [5, 5.41) is 9.33. The van der Waals surface area contributed by atoms with Crippen molar-refractivity contribution in [1.29, 1.82) is 0 Å². The molecule has 2 heterocycles. The molecule has 0 atom stereocenters. The van der Waals surface area contributed by atoms with Crippen LogP contribution >= 0.6 is 0 Å². The number of aryl methyl sites for hydroxylation is 1. The van der Waals surface area contributed by atoms with E-state index in [1.54, 1.807) is 18.3 Å². The number of hydrogen-bond donors (Lipinski definition) is 1. The zero-order valence-corrected chi connectivity index (χ0v) is 13.6. The van der Waals surface area contributed by atoms with E-state index in [1.807, 2.05) is 13.0 Å². The Kier molecular flexibility index (Phi) is 3.46. The first-order valence-electron chi connectivity index (χ1n) is 8.15. The second kappa shape index (κ2) is 5.55. The van der Waals surface area contributed by atoms with Gasteiger partial charge < -0.3 is 5.11 Å². The van der Waals surface area contributed by atoms with Crippen molar-refractivity contribution in [3.05, 3.63) is 75.5 Å². The van der Waals surface area contributed by atoms with Gasteiger partial charge in [-0.25, -0.2) is 9.18 Å². The summed E-state index contributed by atoms with van der Waals surface area (Å²) in [6, 6.07) is 9.57. The Morgan fingerprint density at radius 2 is 2.00 bits per heavy atom. The summed E-state index contributed by atoms with van der Waals surface area (Å²) in [6.07, 6.45) is 3.55. The van der Waals surface area contributed by atoms with Gasteiger partial charge in [-0.05, 0) is 72.2 Å². The van der Waals surface area contributed by atoms with Gasteiger partial charge in [0, 0.05) is 6.20 Å². The van der Waals surface area contributed by atoms with Gasteiger partial charge in [0.1, 0.15) is 11.4 Å². The summed E-state index contributed by atoms with van der Waals surface area (Å²) in [7, 11) is 0. The van der Waals surface area contributed by atoms with E-state index < -0.39 is 11.5 Å². The van der Waals surface area contributed by atoms with Crippen LogP contribution in [0.4, 0.5) is 4.39 Å². The highest BCUT2D eigenvalue weighted by molar-refractivity contribution is 5.89. The Bertz CT molecular complexity index is 1080. The number of benzene rings is 1. The summed E-state index contributed by atoms with van der Waals surface area (Å²) in [6.45, 7) is 1.89. The van der Waals surface area contributed by atoms with E-state index in [0.717, 1.165) is 40.6 Å². The van der Waals surface area contributed by atoms with Crippen molar-refractivity contribution in [2.45, 2.75) is 25.7 Å². The fraction of sp³-hybridized carbons (Fsp3) is 0.200. The van der Waals surface area contributed by atoms with Gasteiger partial charge in [0.15, 0.2) is 0 Å². The van der Waals surface area contributed by atoms with Gasteiger partial charge in [0.05, 0.1) is 5.52 Å². The molecule has 25 heavy (non-hydrogen) atoms. The SMILES string of the molecule is Cc1c(-c2cccc(F)c2)ccn2c(=O)c(C(=O)O)cc(C3CC3)c12. The molecule has 0 bridgehead atoms. The third kappa shape index (κ3) is 2.52. The number of carbonyl (C=O) groups is 1. The van der Waals surface area contributed by atoms with Crippen LogP contribution in [0.2, 0.25) is 0 Å². The van der Waals surface area contributed by atoms with Gasteiger partial charge in [-0.3, -0.25) is 9.20 Å². The largest absolute Gasteiger partial charge is 0.477 e. The molecule has 1 N–H and O–H groups in total. The van der Waals surface area contributed by atoms with Gasteiger partial charge in [0.2, 0.25) is 0 Å². The number of rotatable bonds is 3. The molecule has 1 aliphatic carbocycles.